The molecule has 0 unspecified atom stereocenters. The minimum atomic E-state index is -2.92. The number of nitrogens with zero attached hydrogens (tertiary/aromatic N) is 1. The lowest BCUT2D eigenvalue weighted by molar-refractivity contribution is -0.0504. The zero-order chi connectivity index (χ0) is 22.1. The average molecular weight is 435 g/mol. The first-order valence-electron chi connectivity index (χ1n) is 10.1. The second-order valence-corrected chi connectivity index (χ2v) is 6.70. The van der Waals surface area contributed by atoms with Gasteiger partial charge in [0.15, 0.2) is 17.5 Å². The molecule has 0 atom stereocenters. The summed E-state index contributed by atoms with van der Waals surface area (Å²) in [6.45, 7) is 1.46. The monoisotopic (exact) mass is 435 g/mol. The van der Waals surface area contributed by atoms with Crippen LogP contribution in [0.1, 0.15) is 24.5 Å². The molecule has 1 aliphatic heterocycles. The second-order valence-electron chi connectivity index (χ2n) is 6.70. The summed E-state index contributed by atoms with van der Waals surface area (Å²) in [5.74, 6) is 2.58. The maximum Gasteiger partial charge on any atom is 0.387 e. The van der Waals surface area contributed by atoms with Crippen molar-refractivity contribution in [2.75, 3.05) is 26.9 Å². The van der Waals surface area contributed by atoms with Gasteiger partial charge in [0.2, 0.25) is 0 Å². The zero-order valence-corrected chi connectivity index (χ0v) is 17.6. The van der Waals surface area contributed by atoms with Gasteiger partial charge in [0.1, 0.15) is 11.5 Å². The van der Waals surface area contributed by atoms with E-state index in [9.17, 15) is 8.78 Å². The van der Waals surface area contributed by atoms with Gasteiger partial charge in [-0.25, -0.2) is 4.99 Å². The molecule has 0 saturated carbocycles. The fourth-order valence-electron chi connectivity index (χ4n) is 3.10. The summed E-state index contributed by atoms with van der Waals surface area (Å²) in [6.07, 6.45) is 0.829. The molecule has 0 amide bonds. The number of ether oxygens (including phenoxy) is 4. The molecule has 2 N–H and O–H groups in total. The Morgan fingerprint density at radius 3 is 2.74 bits per heavy atom. The molecule has 0 fully saturated rings. The fraction of sp³-hybridized carbons (Fsp3) is 0.409. The molecule has 0 aliphatic carbocycles. The fourth-order valence-corrected chi connectivity index (χ4v) is 3.10. The predicted molar refractivity (Wildman–Crippen MR) is 113 cm³/mol. The number of fused-ring (bicyclic) bond motifs is 1. The van der Waals surface area contributed by atoms with Gasteiger partial charge in [0.05, 0.1) is 26.9 Å². The molecule has 2 aromatic rings. The number of guanidine groups is 1. The zero-order valence-electron chi connectivity index (χ0n) is 17.6. The summed E-state index contributed by atoms with van der Waals surface area (Å²) in [4.78, 5) is 4.51. The highest BCUT2D eigenvalue weighted by Crippen LogP contribution is 2.33. The average Bonchev–Trinajstić information content (AvgIpc) is 3.02. The third kappa shape index (κ3) is 6.37. The Morgan fingerprint density at radius 2 is 1.97 bits per heavy atom. The summed E-state index contributed by atoms with van der Waals surface area (Å²) in [5, 5.41) is 6.40. The van der Waals surface area contributed by atoms with Gasteiger partial charge in [-0.1, -0.05) is 12.1 Å². The Balaban J connectivity index is 1.74. The lowest BCUT2D eigenvalue weighted by atomic mass is 10.2. The van der Waals surface area contributed by atoms with Crippen molar-refractivity contribution in [1.82, 2.24) is 10.6 Å². The van der Waals surface area contributed by atoms with E-state index >= 15 is 0 Å². The summed E-state index contributed by atoms with van der Waals surface area (Å²) in [6, 6.07) is 10.4. The maximum absolute atomic E-state index is 12.7. The molecule has 3 rings (SSSR count). The summed E-state index contributed by atoms with van der Waals surface area (Å²) in [5.41, 5.74) is 1.43. The van der Waals surface area contributed by atoms with Gasteiger partial charge < -0.3 is 29.6 Å². The molecule has 168 valence electrons. The van der Waals surface area contributed by atoms with Crippen LogP contribution in [0, 0.1) is 0 Å². The number of para-hydroxylation sites is 1. The van der Waals surface area contributed by atoms with Crippen molar-refractivity contribution in [2.24, 2.45) is 4.99 Å². The van der Waals surface area contributed by atoms with E-state index < -0.39 is 6.61 Å². The number of aliphatic imine (C=N–C) groups is 1. The quantitative estimate of drug-likeness (QED) is 0.487. The number of nitrogens with one attached hydrogen (secondary N) is 2. The number of methoxy groups -OCH3 is 1. The van der Waals surface area contributed by atoms with E-state index in [1.165, 1.54) is 13.2 Å². The van der Waals surface area contributed by atoms with Crippen LogP contribution in [0.4, 0.5) is 8.78 Å². The molecule has 7 nitrogen and oxygen atoms in total. The van der Waals surface area contributed by atoms with Crippen LogP contribution >= 0.6 is 0 Å². The van der Waals surface area contributed by atoms with Gasteiger partial charge in [0.25, 0.3) is 0 Å². The van der Waals surface area contributed by atoms with Crippen LogP contribution in [0.15, 0.2) is 41.4 Å². The van der Waals surface area contributed by atoms with Crippen LogP contribution in [0.25, 0.3) is 0 Å². The van der Waals surface area contributed by atoms with Crippen LogP contribution in [-0.4, -0.2) is 39.4 Å². The van der Waals surface area contributed by atoms with E-state index in [2.05, 4.69) is 20.4 Å². The molecule has 2 aromatic carbocycles. The van der Waals surface area contributed by atoms with Gasteiger partial charge in [-0.15, -0.1) is 0 Å². The lowest BCUT2D eigenvalue weighted by Crippen LogP contribution is -2.36. The van der Waals surface area contributed by atoms with Crippen molar-refractivity contribution in [3.05, 3.63) is 47.5 Å². The number of hydrogen-bond donors (Lipinski definition) is 2. The van der Waals surface area contributed by atoms with Crippen LogP contribution in [0.3, 0.4) is 0 Å². The molecule has 1 heterocycles. The number of rotatable bonds is 8. The van der Waals surface area contributed by atoms with Crippen molar-refractivity contribution < 1.29 is 27.7 Å². The first-order chi connectivity index (χ1) is 15.1. The maximum atomic E-state index is 12.7. The highest BCUT2D eigenvalue weighted by molar-refractivity contribution is 5.79. The lowest BCUT2D eigenvalue weighted by Gasteiger charge is -2.16. The second kappa shape index (κ2) is 11.2. The van der Waals surface area contributed by atoms with Crippen molar-refractivity contribution in [3.63, 3.8) is 0 Å². The Bertz CT molecular complexity index is 893. The van der Waals surface area contributed by atoms with E-state index in [0.717, 1.165) is 23.5 Å². The number of alkyl halides is 2. The van der Waals surface area contributed by atoms with E-state index in [0.29, 0.717) is 43.6 Å². The first kappa shape index (κ1) is 22.5. The largest absolute Gasteiger partial charge is 0.497 e. The van der Waals surface area contributed by atoms with Gasteiger partial charge >= 0.3 is 6.61 Å². The molecule has 0 saturated heterocycles. The third-order valence-corrected chi connectivity index (χ3v) is 4.53. The molecule has 0 aromatic heterocycles. The Labute approximate surface area is 180 Å². The van der Waals surface area contributed by atoms with Crippen molar-refractivity contribution in [3.8, 4) is 23.0 Å². The summed E-state index contributed by atoms with van der Waals surface area (Å²) < 4.78 is 46.9. The van der Waals surface area contributed by atoms with Crippen molar-refractivity contribution >= 4 is 5.96 Å². The number of hydrogen-bond acceptors (Lipinski definition) is 5. The molecule has 31 heavy (non-hydrogen) atoms. The summed E-state index contributed by atoms with van der Waals surface area (Å²) >= 11 is 0. The Morgan fingerprint density at radius 1 is 1.13 bits per heavy atom. The number of benzene rings is 2. The van der Waals surface area contributed by atoms with E-state index in [-0.39, 0.29) is 12.3 Å². The predicted octanol–water partition coefficient (Wildman–Crippen LogP) is 3.71. The van der Waals surface area contributed by atoms with Crippen LogP contribution in [-0.2, 0) is 13.1 Å². The standard InChI is InChI=1S/C22H27F2N3O4/c1-3-25-22(26-13-15-6-4-7-19-20(15)30-11-5-10-29-19)27-14-16-12-17(28-2)8-9-18(16)31-21(23)24/h4,6-9,12,21H,3,5,10-11,13-14H2,1-2H3,(H2,25,26,27). The molecule has 1 aliphatic rings. The van der Waals surface area contributed by atoms with Crippen LogP contribution < -0.4 is 29.6 Å². The molecular formula is C22H27F2N3O4. The van der Waals surface area contributed by atoms with E-state index in [1.54, 1.807) is 12.1 Å². The van der Waals surface area contributed by atoms with Gasteiger partial charge in [-0.2, -0.15) is 8.78 Å². The molecule has 0 spiro atoms. The minimum Gasteiger partial charge on any atom is -0.497 e. The van der Waals surface area contributed by atoms with Crippen molar-refractivity contribution in [1.29, 1.82) is 0 Å². The molecule has 0 bridgehead atoms. The van der Waals surface area contributed by atoms with Crippen molar-refractivity contribution in [2.45, 2.75) is 33.0 Å². The molecular weight excluding hydrogens is 408 g/mol. The van der Waals surface area contributed by atoms with Gasteiger partial charge in [0, 0.05) is 30.6 Å². The van der Waals surface area contributed by atoms with Gasteiger partial charge in [-0.05, 0) is 31.2 Å². The normalized spacial score (nSPS) is 13.5. The third-order valence-electron chi connectivity index (χ3n) is 4.53. The molecule has 9 heteroatoms. The Hall–Kier alpha value is -3.23. The SMILES string of the molecule is CCNC(=NCc1cc(OC)ccc1OC(F)F)NCc1cccc2c1OCCCO2. The highest BCUT2D eigenvalue weighted by Gasteiger charge is 2.15. The number of halogens is 2. The van der Waals surface area contributed by atoms with Crippen LogP contribution in [0.2, 0.25) is 0 Å². The van der Waals surface area contributed by atoms with Gasteiger partial charge in [-0.3, -0.25) is 0 Å². The van der Waals surface area contributed by atoms with E-state index in [4.69, 9.17) is 14.2 Å². The Kier molecular flexibility index (Phi) is 8.14. The van der Waals surface area contributed by atoms with Crippen LogP contribution in [0.5, 0.6) is 23.0 Å². The highest BCUT2D eigenvalue weighted by atomic mass is 19.3. The minimum absolute atomic E-state index is 0.0642. The smallest absolute Gasteiger partial charge is 0.387 e. The first-order valence-corrected chi connectivity index (χ1v) is 10.1. The topological polar surface area (TPSA) is 73.3 Å². The summed E-state index contributed by atoms with van der Waals surface area (Å²) in [7, 11) is 1.51. The van der Waals surface area contributed by atoms with E-state index in [1.807, 2.05) is 25.1 Å². The molecule has 0 radical (unpaired) electrons.